The van der Waals surface area contributed by atoms with E-state index in [1.807, 2.05) is 36.5 Å². The molecule has 4 rings (SSSR count). The normalized spacial score (nSPS) is 15.5. The second kappa shape index (κ2) is 7.43. The first kappa shape index (κ1) is 18.4. The minimum absolute atomic E-state index is 0. The zero-order chi connectivity index (χ0) is 17.3. The third-order valence-corrected chi connectivity index (χ3v) is 4.78. The van der Waals surface area contributed by atoms with Crippen molar-refractivity contribution in [3.63, 3.8) is 0 Å². The van der Waals surface area contributed by atoms with Gasteiger partial charge in [-0.1, -0.05) is 30.1 Å². The van der Waals surface area contributed by atoms with Crippen molar-refractivity contribution in [2.75, 3.05) is 7.11 Å². The van der Waals surface area contributed by atoms with Crippen LogP contribution in [0.2, 0.25) is 0 Å². The third kappa shape index (κ3) is 3.43. The van der Waals surface area contributed by atoms with Gasteiger partial charge in [-0.3, -0.25) is 4.98 Å². The summed E-state index contributed by atoms with van der Waals surface area (Å²) in [5.74, 6) is 1.86. The first-order valence-electron chi connectivity index (χ1n) is 8.41. The van der Waals surface area contributed by atoms with Crippen molar-refractivity contribution in [2.45, 2.75) is 31.2 Å². The van der Waals surface area contributed by atoms with E-state index in [0.29, 0.717) is 11.7 Å². The number of ether oxygens (including phenoxy) is 1. The van der Waals surface area contributed by atoms with Crippen molar-refractivity contribution in [3.8, 4) is 28.3 Å². The van der Waals surface area contributed by atoms with E-state index in [9.17, 15) is 0 Å². The fourth-order valence-electron chi connectivity index (χ4n) is 3.27. The summed E-state index contributed by atoms with van der Waals surface area (Å²) < 4.78 is 10.7. The molecule has 7 heteroatoms. The van der Waals surface area contributed by atoms with E-state index in [4.69, 9.17) is 15.0 Å². The molecule has 0 aliphatic heterocycles. The van der Waals surface area contributed by atoms with E-state index in [2.05, 4.69) is 15.1 Å². The highest BCUT2D eigenvalue weighted by Gasteiger charge is 2.36. The Hall–Kier alpha value is -2.44. The predicted molar refractivity (Wildman–Crippen MR) is 101 cm³/mol. The van der Waals surface area contributed by atoms with E-state index in [1.54, 1.807) is 13.3 Å². The predicted octanol–water partition coefficient (Wildman–Crippen LogP) is 3.96. The quantitative estimate of drug-likeness (QED) is 0.745. The van der Waals surface area contributed by atoms with E-state index in [1.165, 1.54) is 0 Å². The average molecular weight is 373 g/mol. The van der Waals surface area contributed by atoms with Crippen molar-refractivity contribution in [2.24, 2.45) is 5.73 Å². The summed E-state index contributed by atoms with van der Waals surface area (Å²) in [6, 6.07) is 9.82. The highest BCUT2D eigenvalue weighted by molar-refractivity contribution is 5.85. The highest BCUT2D eigenvalue weighted by Crippen LogP contribution is 2.35. The molecule has 1 fully saturated rings. The van der Waals surface area contributed by atoms with Crippen LogP contribution in [0.4, 0.5) is 0 Å². The van der Waals surface area contributed by atoms with Crippen molar-refractivity contribution in [1.82, 2.24) is 15.1 Å². The summed E-state index contributed by atoms with van der Waals surface area (Å²) in [6.07, 6.45) is 7.54. The average Bonchev–Trinajstić information content (AvgIpc) is 3.32. The molecule has 1 aliphatic carbocycles. The van der Waals surface area contributed by atoms with Crippen LogP contribution in [0.5, 0.6) is 5.75 Å². The number of benzene rings is 1. The molecule has 0 atom stereocenters. The second-order valence-electron chi connectivity index (χ2n) is 6.48. The maximum atomic E-state index is 6.41. The molecule has 0 spiro atoms. The summed E-state index contributed by atoms with van der Waals surface area (Å²) in [6.45, 7) is 0. The van der Waals surface area contributed by atoms with Crippen molar-refractivity contribution >= 4 is 12.4 Å². The van der Waals surface area contributed by atoms with E-state index in [-0.39, 0.29) is 12.4 Å². The van der Waals surface area contributed by atoms with Crippen LogP contribution in [-0.2, 0) is 5.54 Å². The van der Waals surface area contributed by atoms with E-state index >= 15 is 0 Å². The zero-order valence-electron chi connectivity index (χ0n) is 14.5. The van der Waals surface area contributed by atoms with Gasteiger partial charge in [0, 0.05) is 18.0 Å². The maximum Gasteiger partial charge on any atom is 0.259 e. The van der Waals surface area contributed by atoms with Gasteiger partial charge >= 0.3 is 0 Å². The molecular weight excluding hydrogens is 352 g/mol. The Balaban J connectivity index is 0.00000196. The van der Waals surface area contributed by atoms with Gasteiger partial charge in [-0.25, -0.2) is 0 Å². The van der Waals surface area contributed by atoms with Gasteiger partial charge < -0.3 is 15.0 Å². The fourth-order valence-corrected chi connectivity index (χ4v) is 3.27. The molecule has 136 valence electrons. The molecule has 2 aromatic heterocycles. The van der Waals surface area contributed by atoms with Gasteiger partial charge in [0.15, 0.2) is 5.82 Å². The van der Waals surface area contributed by atoms with Crippen LogP contribution in [0, 0.1) is 0 Å². The van der Waals surface area contributed by atoms with Gasteiger partial charge in [-0.2, -0.15) is 4.98 Å². The number of aromatic nitrogens is 3. The van der Waals surface area contributed by atoms with Gasteiger partial charge in [-0.15, -0.1) is 12.4 Å². The number of nitrogens with two attached hydrogens (primary N) is 1. The number of hydrogen-bond acceptors (Lipinski definition) is 6. The molecule has 1 saturated carbocycles. The highest BCUT2D eigenvalue weighted by atomic mass is 35.5. The Morgan fingerprint density at radius 2 is 1.73 bits per heavy atom. The van der Waals surface area contributed by atoms with Crippen LogP contribution < -0.4 is 10.5 Å². The van der Waals surface area contributed by atoms with Crippen LogP contribution in [-0.4, -0.2) is 22.2 Å². The lowest BCUT2D eigenvalue weighted by Crippen LogP contribution is -2.34. The van der Waals surface area contributed by atoms with Crippen LogP contribution in [0.25, 0.3) is 22.6 Å². The van der Waals surface area contributed by atoms with Gasteiger partial charge in [0.05, 0.1) is 18.2 Å². The molecule has 0 saturated heterocycles. The Kier molecular flexibility index (Phi) is 5.25. The lowest BCUT2D eigenvalue weighted by molar-refractivity contribution is 0.372. The second-order valence-corrected chi connectivity index (χ2v) is 6.48. The first-order chi connectivity index (χ1) is 12.2. The Morgan fingerprint density at radius 1 is 1.04 bits per heavy atom. The van der Waals surface area contributed by atoms with Crippen LogP contribution in [0.15, 0.2) is 47.2 Å². The lowest BCUT2D eigenvalue weighted by Gasteiger charge is -2.17. The van der Waals surface area contributed by atoms with Crippen molar-refractivity contribution < 1.29 is 9.26 Å². The van der Waals surface area contributed by atoms with Gasteiger partial charge in [0.1, 0.15) is 5.75 Å². The molecule has 1 aromatic carbocycles. The number of pyridine rings is 1. The number of methoxy groups -OCH3 is 1. The van der Waals surface area contributed by atoms with Gasteiger partial charge in [0.25, 0.3) is 5.89 Å². The summed E-state index contributed by atoms with van der Waals surface area (Å²) in [4.78, 5) is 8.85. The molecular formula is C19H21ClN4O2. The Labute approximate surface area is 158 Å². The Morgan fingerprint density at radius 3 is 2.42 bits per heavy atom. The molecule has 0 unspecified atom stereocenters. The molecule has 2 N–H and O–H groups in total. The molecule has 0 bridgehead atoms. The van der Waals surface area contributed by atoms with Crippen molar-refractivity contribution in [3.05, 3.63) is 48.5 Å². The first-order valence-corrected chi connectivity index (χ1v) is 8.41. The molecule has 2 heterocycles. The van der Waals surface area contributed by atoms with Gasteiger partial charge in [0.2, 0.25) is 0 Å². The lowest BCUT2D eigenvalue weighted by atomic mass is 9.98. The smallest absolute Gasteiger partial charge is 0.259 e. The topological polar surface area (TPSA) is 87.1 Å². The minimum Gasteiger partial charge on any atom is -0.497 e. The fraction of sp³-hybridized carbons (Fsp3) is 0.316. The van der Waals surface area contributed by atoms with Crippen molar-refractivity contribution in [1.29, 1.82) is 0 Å². The summed E-state index contributed by atoms with van der Waals surface area (Å²) in [5.41, 5.74) is 8.76. The largest absolute Gasteiger partial charge is 0.497 e. The molecule has 0 amide bonds. The monoisotopic (exact) mass is 372 g/mol. The number of rotatable bonds is 4. The molecule has 26 heavy (non-hydrogen) atoms. The molecule has 6 nitrogen and oxygen atoms in total. The maximum absolute atomic E-state index is 6.41. The number of hydrogen-bond donors (Lipinski definition) is 1. The molecule has 3 aromatic rings. The molecule has 1 aliphatic rings. The number of halogens is 1. The summed E-state index contributed by atoms with van der Waals surface area (Å²) in [7, 11) is 1.65. The molecule has 0 radical (unpaired) electrons. The standard InChI is InChI=1S/C19H20N4O2.ClH/c1-24-16-6-4-13(5-7-16)14-10-15(12-21-11-14)17-22-18(23-25-17)19(20)8-2-3-9-19;/h4-7,10-12H,2-3,8-9,20H2,1H3;1H. The Bertz CT molecular complexity index is 873. The third-order valence-electron chi connectivity index (χ3n) is 4.78. The minimum atomic E-state index is -0.456. The van der Waals surface area contributed by atoms with Gasteiger partial charge in [-0.05, 0) is 36.6 Å². The number of nitrogens with zero attached hydrogens (tertiary/aromatic N) is 3. The van der Waals surface area contributed by atoms with Crippen LogP contribution >= 0.6 is 12.4 Å². The van der Waals surface area contributed by atoms with E-state index < -0.39 is 5.54 Å². The van der Waals surface area contributed by atoms with Crippen LogP contribution in [0.3, 0.4) is 0 Å². The van der Waals surface area contributed by atoms with Crippen LogP contribution in [0.1, 0.15) is 31.5 Å². The summed E-state index contributed by atoms with van der Waals surface area (Å²) >= 11 is 0. The SMILES string of the molecule is COc1ccc(-c2cncc(-c3nc(C4(N)CCCC4)no3)c2)cc1.Cl. The van der Waals surface area contributed by atoms with E-state index in [0.717, 1.165) is 48.1 Å². The zero-order valence-corrected chi connectivity index (χ0v) is 15.3. The summed E-state index contributed by atoms with van der Waals surface area (Å²) in [5, 5.41) is 4.12.